The molecule has 0 saturated heterocycles. The summed E-state index contributed by atoms with van der Waals surface area (Å²) < 4.78 is 70.1. The molecule has 2 aromatic heterocycles. The van der Waals surface area contributed by atoms with Crippen molar-refractivity contribution >= 4 is 23.5 Å². The second kappa shape index (κ2) is 10.3. The minimum Gasteiger partial charge on any atom is -0.452 e. The Bertz CT molecular complexity index is 1260. The molecule has 3 aromatic rings. The zero-order chi connectivity index (χ0) is 25.8. The molecule has 0 fully saturated rings. The van der Waals surface area contributed by atoms with Crippen molar-refractivity contribution in [2.24, 2.45) is 0 Å². The van der Waals surface area contributed by atoms with E-state index in [2.05, 4.69) is 20.7 Å². The third kappa shape index (κ3) is 6.37. The largest absolute Gasteiger partial charge is 0.452 e. The van der Waals surface area contributed by atoms with Gasteiger partial charge in [-0.15, -0.1) is 0 Å². The number of pyridine rings is 1. The molecule has 9 nitrogen and oxygen atoms in total. The Morgan fingerprint density at radius 2 is 1.77 bits per heavy atom. The van der Waals surface area contributed by atoms with Gasteiger partial charge in [0.05, 0.1) is 24.0 Å². The van der Waals surface area contributed by atoms with Gasteiger partial charge in [-0.2, -0.15) is 18.3 Å². The maximum atomic E-state index is 13.1. The lowest BCUT2D eigenvalue weighted by Crippen LogP contribution is -2.35. The number of aromatic nitrogens is 3. The van der Waals surface area contributed by atoms with Crippen molar-refractivity contribution in [1.29, 1.82) is 0 Å². The van der Waals surface area contributed by atoms with Gasteiger partial charge >= 0.3 is 12.1 Å². The molecule has 0 radical (unpaired) electrons. The Morgan fingerprint density at radius 3 is 2.40 bits per heavy atom. The minimum atomic E-state index is -4.56. The van der Waals surface area contributed by atoms with Crippen LogP contribution in [0.15, 0.2) is 42.7 Å². The van der Waals surface area contributed by atoms with Gasteiger partial charge in [0.2, 0.25) is 5.91 Å². The van der Waals surface area contributed by atoms with Crippen molar-refractivity contribution in [2.75, 3.05) is 18.5 Å². The van der Waals surface area contributed by atoms with Gasteiger partial charge < -0.3 is 15.4 Å². The summed E-state index contributed by atoms with van der Waals surface area (Å²) in [5.74, 6) is -4.73. The van der Waals surface area contributed by atoms with E-state index >= 15 is 0 Å². The van der Waals surface area contributed by atoms with Gasteiger partial charge in [-0.25, -0.2) is 23.2 Å². The number of hydrogen-bond donors (Lipinski definition) is 2. The van der Waals surface area contributed by atoms with Crippen LogP contribution >= 0.6 is 0 Å². The van der Waals surface area contributed by atoms with Gasteiger partial charge in [-0.3, -0.25) is 9.59 Å². The van der Waals surface area contributed by atoms with E-state index in [1.807, 2.05) is 0 Å². The number of nitrogens with zero attached hydrogens (tertiary/aromatic N) is 3. The number of rotatable bonds is 7. The molecule has 0 saturated carbocycles. The second-order valence-corrected chi connectivity index (χ2v) is 6.99. The average molecular weight is 497 g/mol. The highest BCUT2D eigenvalue weighted by Crippen LogP contribution is 2.28. The first kappa shape index (κ1) is 25.3. The number of carbonyl (C=O) groups is 3. The molecule has 2 heterocycles. The number of amides is 2. The molecule has 0 aliphatic carbocycles. The van der Waals surface area contributed by atoms with Gasteiger partial charge in [0.1, 0.15) is 5.56 Å². The molecule has 184 valence electrons. The number of halogens is 5. The van der Waals surface area contributed by atoms with Gasteiger partial charge in [-0.1, -0.05) is 0 Å². The zero-order valence-electron chi connectivity index (χ0n) is 17.8. The first-order valence-electron chi connectivity index (χ1n) is 9.72. The molecule has 0 aliphatic heterocycles. The van der Waals surface area contributed by atoms with Crippen molar-refractivity contribution in [3.05, 3.63) is 71.2 Å². The smallest absolute Gasteiger partial charge is 0.417 e. The number of nitrogens with one attached hydrogen (secondary N) is 2. The summed E-state index contributed by atoms with van der Waals surface area (Å²) >= 11 is 0. The lowest BCUT2D eigenvalue weighted by Gasteiger charge is -2.09. The molecule has 0 bridgehead atoms. The summed E-state index contributed by atoms with van der Waals surface area (Å²) in [7, 11) is 0. The Labute approximate surface area is 193 Å². The molecular formula is C21H16F5N5O4. The first-order valence-corrected chi connectivity index (χ1v) is 9.72. The van der Waals surface area contributed by atoms with Crippen molar-refractivity contribution in [3.8, 4) is 5.82 Å². The van der Waals surface area contributed by atoms with Gasteiger partial charge in [0.25, 0.3) is 5.91 Å². The fourth-order valence-electron chi connectivity index (χ4n) is 2.74. The molecule has 14 heteroatoms. The SMILES string of the molecule is Cc1c(C(=O)OCC(=O)NCC(=O)Nc2ccc(F)c(F)c2)cnn1-c1ccc(C(F)(F)F)cn1. The van der Waals surface area contributed by atoms with Crippen LogP contribution in [0.25, 0.3) is 5.82 Å². The number of alkyl halides is 3. The Morgan fingerprint density at radius 1 is 1.03 bits per heavy atom. The fourth-order valence-corrected chi connectivity index (χ4v) is 2.74. The van der Waals surface area contributed by atoms with Crippen LogP contribution in [0.1, 0.15) is 21.6 Å². The van der Waals surface area contributed by atoms with E-state index in [1.54, 1.807) is 0 Å². The number of benzene rings is 1. The van der Waals surface area contributed by atoms with E-state index in [0.29, 0.717) is 6.20 Å². The predicted molar refractivity (Wildman–Crippen MR) is 109 cm³/mol. The predicted octanol–water partition coefficient (Wildman–Crippen LogP) is 2.78. The van der Waals surface area contributed by atoms with E-state index in [1.165, 1.54) is 6.92 Å². The molecule has 3 rings (SSSR count). The maximum Gasteiger partial charge on any atom is 0.417 e. The van der Waals surface area contributed by atoms with Gasteiger partial charge in [0, 0.05) is 18.0 Å². The van der Waals surface area contributed by atoms with Crippen LogP contribution in [0.2, 0.25) is 0 Å². The summed E-state index contributed by atoms with van der Waals surface area (Å²) in [4.78, 5) is 39.6. The topological polar surface area (TPSA) is 115 Å². The van der Waals surface area contributed by atoms with Crippen LogP contribution in [-0.4, -0.2) is 45.7 Å². The van der Waals surface area contributed by atoms with E-state index in [9.17, 15) is 36.3 Å². The molecule has 2 N–H and O–H groups in total. The maximum absolute atomic E-state index is 13.1. The monoisotopic (exact) mass is 497 g/mol. The molecular weight excluding hydrogens is 481 g/mol. The summed E-state index contributed by atoms with van der Waals surface area (Å²) in [6.45, 7) is 0.165. The molecule has 35 heavy (non-hydrogen) atoms. The fraction of sp³-hybridized carbons (Fsp3) is 0.190. The third-order valence-electron chi connectivity index (χ3n) is 4.51. The molecule has 0 spiro atoms. The van der Waals surface area contributed by atoms with Crippen molar-refractivity contribution in [1.82, 2.24) is 20.1 Å². The van der Waals surface area contributed by atoms with Gasteiger partial charge in [-0.05, 0) is 31.2 Å². The molecule has 0 unspecified atom stereocenters. The molecule has 0 atom stereocenters. The Balaban J connectivity index is 1.51. The highest BCUT2D eigenvalue weighted by atomic mass is 19.4. The van der Waals surface area contributed by atoms with E-state index in [-0.39, 0.29) is 22.8 Å². The van der Waals surface area contributed by atoms with Crippen LogP contribution in [0.5, 0.6) is 0 Å². The number of ether oxygens (including phenoxy) is 1. The van der Waals surface area contributed by atoms with Crippen LogP contribution in [0.3, 0.4) is 0 Å². The number of anilines is 1. The molecule has 2 amide bonds. The quantitative estimate of drug-likeness (QED) is 0.383. The zero-order valence-corrected chi connectivity index (χ0v) is 17.8. The highest BCUT2D eigenvalue weighted by molar-refractivity contribution is 5.95. The van der Waals surface area contributed by atoms with Crippen LogP contribution in [0.4, 0.5) is 27.6 Å². The van der Waals surface area contributed by atoms with Gasteiger partial charge in [0.15, 0.2) is 24.1 Å². The summed E-state index contributed by atoms with van der Waals surface area (Å²) in [6, 6.07) is 4.61. The number of esters is 1. The number of hydrogen-bond acceptors (Lipinski definition) is 6. The van der Waals surface area contributed by atoms with Crippen LogP contribution in [0, 0.1) is 18.6 Å². The standard InChI is InChI=1S/C21H16F5N5O4/c1-11-14(8-29-31(11)17-5-2-12(7-27-17)21(24,25)26)20(34)35-10-19(33)28-9-18(32)30-13-3-4-15(22)16(23)6-13/h2-8H,9-10H2,1H3,(H,28,33)(H,30,32). The van der Waals surface area contributed by atoms with Crippen molar-refractivity contribution in [3.63, 3.8) is 0 Å². The summed E-state index contributed by atoms with van der Waals surface area (Å²) in [5.41, 5.74) is -0.830. The van der Waals surface area contributed by atoms with E-state index < -0.39 is 54.3 Å². The summed E-state index contributed by atoms with van der Waals surface area (Å²) in [5, 5.41) is 8.33. The normalized spacial score (nSPS) is 11.1. The Kier molecular flexibility index (Phi) is 7.42. The lowest BCUT2D eigenvalue weighted by molar-refractivity contribution is -0.137. The number of carbonyl (C=O) groups excluding carboxylic acids is 3. The summed E-state index contributed by atoms with van der Waals surface area (Å²) in [6.07, 6.45) is -2.83. The highest BCUT2D eigenvalue weighted by Gasteiger charge is 2.31. The first-order chi connectivity index (χ1) is 16.5. The Hall–Kier alpha value is -4.36. The van der Waals surface area contributed by atoms with Crippen molar-refractivity contribution in [2.45, 2.75) is 13.1 Å². The molecule has 0 aliphatic rings. The van der Waals surface area contributed by atoms with Crippen LogP contribution < -0.4 is 10.6 Å². The van der Waals surface area contributed by atoms with Crippen molar-refractivity contribution < 1.29 is 41.1 Å². The second-order valence-electron chi connectivity index (χ2n) is 6.99. The third-order valence-corrected chi connectivity index (χ3v) is 4.51. The van der Waals surface area contributed by atoms with E-state index in [0.717, 1.165) is 41.2 Å². The lowest BCUT2D eigenvalue weighted by atomic mass is 10.2. The molecule has 1 aromatic carbocycles. The van der Waals surface area contributed by atoms with E-state index in [4.69, 9.17) is 4.74 Å². The van der Waals surface area contributed by atoms with Crippen LogP contribution in [-0.2, 0) is 20.5 Å². The average Bonchev–Trinajstić information content (AvgIpc) is 3.19. The minimum absolute atomic E-state index is 0.0235.